The smallest absolute Gasteiger partial charge is 0.256 e. The number of amides is 1. The van der Waals surface area contributed by atoms with E-state index in [0.29, 0.717) is 37.6 Å². The predicted octanol–water partition coefficient (Wildman–Crippen LogP) is 0.649. The van der Waals surface area contributed by atoms with Crippen LogP contribution in [0.25, 0.3) is 5.57 Å². The van der Waals surface area contributed by atoms with E-state index < -0.39 is 0 Å². The Morgan fingerprint density at radius 1 is 1.38 bits per heavy atom. The number of para-hydroxylation sites is 1. The van der Waals surface area contributed by atoms with Gasteiger partial charge in [0.15, 0.2) is 0 Å². The van der Waals surface area contributed by atoms with Gasteiger partial charge in [-0.1, -0.05) is 12.1 Å². The molecule has 0 bridgehead atoms. The molecule has 2 aromatic rings. The maximum atomic E-state index is 12.7. The Kier molecular flexibility index (Phi) is 4.78. The number of aromatic nitrogens is 4. The molecule has 0 unspecified atom stereocenters. The zero-order valence-corrected chi connectivity index (χ0v) is 12.8. The molecule has 9 nitrogen and oxygen atoms in total. The van der Waals surface area contributed by atoms with Crippen LogP contribution in [0.1, 0.15) is 16.2 Å². The van der Waals surface area contributed by atoms with Gasteiger partial charge in [0.1, 0.15) is 11.6 Å². The van der Waals surface area contributed by atoms with E-state index in [1.54, 1.807) is 23.1 Å². The van der Waals surface area contributed by atoms with Crippen LogP contribution in [0.2, 0.25) is 0 Å². The highest BCUT2D eigenvalue weighted by molar-refractivity contribution is 6.00. The van der Waals surface area contributed by atoms with Gasteiger partial charge in [0.25, 0.3) is 5.91 Å². The van der Waals surface area contributed by atoms with E-state index >= 15 is 0 Å². The number of H-pyrrole nitrogens is 1. The summed E-state index contributed by atoms with van der Waals surface area (Å²) in [6, 6.07) is 9.12. The molecule has 0 aliphatic carbocycles. The molecule has 1 fully saturated rings. The van der Waals surface area contributed by atoms with E-state index in [2.05, 4.69) is 25.9 Å². The molecule has 2 N–H and O–H groups in total. The first kappa shape index (κ1) is 15.6. The van der Waals surface area contributed by atoms with Crippen molar-refractivity contribution in [2.75, 3.05) is 31.6 Å². The number of carbonyl (C=O) groups excluding carboxylic acids is 1. The van der Waals surface area contributed by atoms with Crippen LogP contribution in [0.3, 0.4) is 0 Å². The molecule has 0 atom stereocenters. The average molecular weight is 325 g/mol. The minimum absolute atomic E-state index is 0.0760. The van der Waals surface area contributed by atoms with E-state index in [0.717, 1.165) is 0 Å². The van der Waals surface area contributed by atoms with Crippen LogP contribution >= 0.6 is 0 Å². The van der Waals surface area contributed by atoms with Gasteiger partial charge in [0.2, 0.25) is 5.82 Å². The lowest BCUT2D eigenvalue weighted by Crippen LogP contribution is -2.40. The van der Waals surface area contributed by atoms with Crippen LogP contribution in [0.5, 0.6) is 0 Å². The number of aromatic amines is 1. The lowest BCUT2D eigenvalue weighted by atomic mass is 10.1. The van der Waals surface area contributed by atoms with Crippen LogP contribution in [0, 0.1) is 11.3 Å². The fraction of sp³-hybridized carbons (Fsp3) is 0.267. The van der Waals surface area contributed by atoms with Crippen molar-refractivity contribution >= 4 is 17.2 Å². The van der Waals surface area contributed by atoms with Gasteiger partial charge in [-0.3, -0.25) is 4.79 Å². The van der Waals surface area contributed by atoms with Crippen LogP contribution in [0.15, 0.2) is 30.5 Å². The number of hydrogen-bond acceptors (Lipinski definition) is 7. The second-order valence-corrected chi connectivity index (χ2v) is 5.00. The summed E-state index contributed by atoms with van der Waals surface area (Å²) < 4.78 is 5.27. The predicted molar refractivity (Wildman–Crippen MR) is 84.6 cm³/mol. The largest absolute Gasteiger partial charge is 0.378 e. The maximum Gasteiger partial charge on any atom is 0.256 e. The summed E-state index contributed by atoms with van der Waals surface area (Å²) in [5.74, 6) is 0.106. The Morgan fingerprint density at radius 3 is 2.88 bits per heavy atom. The Labute approximate surface area is 137 Å². The summed E-state index contributed by atoms with van der Waals surface area (Å²) in [4.78, 5) is 14.4. The fourth-order valence-corrected chi connectivity index (χ4v) is 2.30. The lowest BCUT2D eigenvalue weighted by molar-refractivity contribution is 0.0303. The Morgan fingerprint density at radius 2 is 2.17 bits per heavy atom. The Balaban J connectivity index is 1.81. The van der Waals surface area contributed by atoms with Crippen molar-refractivity contribution in [2.24, 2.45) is 0 Å². The van der Waals surface area contributed by atoms with Gasteiger partial charge in [0.05, 0.1) is 24.5 Å². The van der Waals surface area contributed by atoms with Crippen molar-refractivity contribution in [1.29, 1.82) is 5.26 Å². The highest BCUT2D eigenvalue weighted by atomic mass is 16.5. The molecule has 1 amide bonds. The number of hydrogen-bond donors (Lipinski definition) is 2. The number of carbonyl (C=O) groups is 1. The molecule has 9 heteroatoms. The highest BCUT2D eigenvalue weighted by Gasteiger charge is 2.20. The summed E-state index contributed by atoms with van der Waals surface area (Å²) in [5.41, 5.74) is 1.34. The molecule has 1 saturated heterocycles. The summed E-state index contributed by atoms with van der Waals surface area (Å²) >= 11 is 0. The molecule has 0 saturated carbocycles. The number of nitriles is 1. The number of tetrazole rings is 1. The maximum absolute atomic E-state index is 12.7. The van der Waals surface area contributed by atoms with E-state index in [1.807, 2.05) is 12.1 Å². The Bertz CT molecular complexity index is 773. The summed E-state index contributed by atoms with van der Waals surface area (Å²) in [6.45, 7) is 2.21. The SMILES string of the molecule is N#CC(=CNc1ccccc1C(=O)N1CCOCC1)c1nn[nH]n1. The molecular weight excluding hydrogens is 310 g/mol. The topological polar surface area (TPSA) is 120 Å². The first-order chi connectivity index (χ1) is 11.8. The third-order valence-corrected chi connectivity index (χ3v) is 3.53. The molecule has 1 aromatic carbocycles. The lowest BCUT2D eigenvalue weighted by Gasteiger charge is -2.27. The first-order valence-electron chi connectivity index (χ1n) is 7.36. The second-order valence-electron chi connectivity index (χ2n) is 5.00. The molecule has 122 valence electrons. The van der Waals surface area contributed by atoms with E-state index in [4.69, 9.17) is 4.74 Å². The number of anilines is 1. The molecule has 1 aliphatic heterocycles. The van der Waals surface area contributed by atoms with Gasteiger partial charge < -0.3 is 15.0 Å². The van der Waals surface area contributed by atoms with Crippen LogP contribution in [0.4, 0.5) is 5.69 Å². The highest BCUT2D eigenvalue weighted by Crippen LogP contribution is 2.19. The summed E-state index contributed by atoms with van der Waals surface area (Å²) in [7, 11) is 0. The standard InChI is InChI=1S/C15H15N7O2/c16-9-11(14-18-20-21-19-14)10-17-13-4-2-1-3-12(13)15(23)22-5-7-24-8-6-22/h1-4,10,17H,5-8H2,(H,18,19,20,21). The van der Waals surface area contributed by atoms with Gasteiger partial charge in [-0.25, -0.2) is 0 Å². The second kappa shape index (κ2) is 7.34. The minimum Gasteiger partial charge on any atom is -0.378 e. The number of allylic oxidation sites excluding steroid dienone is 1. The zero-order valence-electron chi connectivity index (χ0n) is 12.8. The molecule has 3 rings (SSSR count). The van der Waals surface area contributed by atoms with Crippen LogP contribution < -0.4 is 5.32 Å². The van der Waals surface area contributed by atoms with Crippen LogP contribution in [-0.2, 0) is 4.74 Å². The van der Waals surface area contributed by atoms with Crippen molar-refractivity contribution in [3.63, 3.8) is 0 Å². The molecule has 24 heavy (non-hydrogen) atoms. The Hall–Kier alpha value is -3.25. The van der Waals surface area contributed by atoms with Crippen LogP contribution in [-0.4, -0.2) is 57.7 Å². The van der Waals surface area contributed by atoms with Gasteiger partial charge in [-0.05, 0) is 17.3 Å². The average Bonchev–Trinajstić information content (AvgIpc) is 3.17. The first-order valence-corrected chi connectivity index (χ1v) is 7.36. The number of nitrogens with one attached hydrogen (secondary N) is 2. The number of nitrogens with zero attached hydrogens (tertiary/aromatic N) is 5. The molecule has 1 aromatic heterocycles. The zero-order chi connectivity index (χ0) is 16.8. The van der Waals surface area contributed by atoms with Gasteiger partial charge >= 0.3 is 0 Å². The van der Waals surface area contributed by atoms with E-state index in [1.165, 1.54) is 6.20 Å². The minimum atomic E-state index is -0.0760. The van der Waals surface area contributed by atoms with Crippen molar-refractivity contribution in [3.8, 4) is 6.07 Å². The quantitative estimate of drug-likeness (QED) is 0.792. The van der Waals surface area contributed by atoms with Gasteiger partial charge in [0, 0.05) is 19.3 Å². The van der Waals surface area contributed by atoms with Crippen molar-refractivity contribution in [1.82, 2.24) is 25.5 Å². The molecule has 0 spiro atoms. The normalized spacial score (nSPS) is 15.0. The van der Waals surface area contributed by atoms with Crippen molar-refractivity contribution in [2.45, 2.75) is 0 Å². The van der Waals surface area contributed by atoms with Crippen molar-refractivity contribution < 1.29 is 9.53 Å². The van der Waals surface area contributed by atoms with Crippen molar-refractivity contribution in [3.05, 3.63) is 41.9 Å². The molecule has 2 heterocycles. The molecule has 1 aliphatic rings. The molecular formula is C15H15N7O2. The van der Waals surface area contributed by atoms with E-state index in [9.17, 15) is 10.1 Å². The molecule has 0 radical (unpaired) electrons. The summed E-state index contributed by atoms with van der Waals surface area (Å²) in [6.07, 6.45) is 1.45. The number of benzene rings is 1. The fourth-order valence-electron chi connectivity index (χ4n) is 2.30. The summed E-state index contributed by atoms with van der Waals surface area (Å²) in [5, 5.41) is 25.4. The van der Waals surface area contributed by atoms with Gasteiger partial charge in [-0.2, -0.15) is 10.5 Å². The number of rotatable bonds is 4. The third-order valence-electron chi connectivity index (χ3n) is 3.53. The van der Waals surface area contributed by atoms with Gasteiger partial charge in [-0.15, -0.1) is 10.2 Å². The third kappa shape index (κ3) is 3.39. The number of ether oxygens (including phenoxy) is 1. The number of morpholine rings is 1. The van der Waals surface area contributed by atoms with E-state index in [-0.39, 0.29) is 17.3 Å². The monoisotopic (exact) mass is 325 g/mol.